The fraction of sp³-hybridized carbons (Fsp3) is 0.333. The number of nitrogens with two attached hydrogens (primary N) is 1. The van der Waals surface area contributed by atoms with Crippen LogP contribution in [-0.4, -0.2) is 35.8 Å². The van der Waals surface area contributed by atoms with Crippen molar-refractivity contribution >= 4 is 41.5 Å². The van der Waals surface area contributed by atoms with Crippen LogP contribution in [0.5, 0.6) is 0 Å². The molecule has 1 aliphatic rings. The molecule has 1 aromatic heterocycles. The summed E-state index contributed by atoms with van der Waals surface area (Å²) >= 11 is 6.06. The van der Waals surface area contributed by atoms with Crippen LogP contribution in [0.25, 0.3) is 0 Å². The van der Waals surface area contributed by atoms with Gasteiger partial charge in [0.25, 0.3) is 11.8 Å². The lowest BCUT2D eigenvalue weighted by Gasteiger charge is -2.31. The second kappa shape index (κ2) is 8.58. The zero-order valence-corrected chi connectivity index (χ0v) is 15.9. The second-order valence-corrected chi connectivity index (χ2v) is 6.62. The number of piperidine rings is 1. The van der Waals surface area contributed by atoms with E-state index < -0.39 is 0 Å². The summed E-state index contributed by atoms with van der Waals surface area (Å²) in [5.74, 6) is -0.00152. The number of amides is 2. The number of rotatable bonds is 3. The van der Waals surface area contributed by atoms with E-state index in [0.717, 1.165) is 12.8 Å². The van der Waals surface area contributed by atoms with E-state index in [4.69, 9.17) is 21.8 Å². The van der Waals surface area contributed by atoms with Crippen molar-refractivity contribution in [2.75, 3.05) is 18.4 Å². The molecule has 0 radical (unpaired) electrons. The molecule has 8 heteroatoms. The number of benzene rings is 1. The molecular formula is C18H21Cl2N3O3. The molecule has 1 saturated heterocycles. The first-order valence-electron chi connectivity index (χ1n) is 8.15. The van der Waals surface area contributed by atoms with Crippen LogP contribution in [-0.2, 0) is 0 Å². The Morgan fingerprint density at radius 1 is 1.31 bits per heavy atom. The van der Waals surface area contributed by atoms with Gasteiger partial charge in [-0.1, -0.05) is 11.6 Å². The van der Waals surface area contributed by atoms with Crippen molar-refractivity contribution in [2.24, 2.45) is 5.73 Å². The Hall–Kier alpha value is -2.02. The average molecular weight is 398 g/mol. The summed E-state index contributed by atoms with van der Waals surface area (Å²) in [6.07, 6.45) is 3.23. The highest BCUT2D eigenvalue weighted by Crippen LogP contribution is 2.25. The molecule has 26 heavy (non-hydrogen) atoms. The van der Waals surface area contributed by atoms with Gasteiger partial charge in [0, 0.05) is 24.2 Å². The molecule has 0 spiro atoms. The largest absolute Gasteiger partial charge is 0.469 e. The number of likely N-dealkylation sites (tertiary alicyclic amines) is 1. The predicted octanol–water partition coefficient (Wildman–Crippen LogP) is 3.48. The van der Waals surface area contributed by atoms with Crippen LogP contribution in [0.15, 0.2) is 34.9 Å². The van der Waals surface area contributed by atoms with Crippen molar-refractivity contribution in [1.29, 1.82) is 0 Å². The molecule has 140 valence electrons. The van der Waals surface area contributed by atoms with Gasteiger partial charge in [0.1, 0.15) is 5.76 Å². The van der Waals surface area contributed by atoms with Crippen LogP contribution in [0.1, 0.15) is 39.3 Å². The zero-order chi connectivity index (χ0) is 18.0. The van der Waals surface area contributed by atoms with Crippen LogP contribution in [0, 0.1) is 6.92 Å². The maximum absolute atomic E-state index is 12.9. The van der Waals surface area contributed by atoms with Crippen LogP contribution in [0.3, 0.4) is 0 Å². The second-order valence-electron chi connectivity index (χ2n) is 6.19. The van der Waals surface area contributed by atoms with E-state index in [2.05, 4.69) is 5.32 Å². The minimum atomic E-state index is -0.349. The third-order valence-corrected chi connectivity index (χ3v) is 4.54. The topological polar surface area (TPSA) is 88.6 Å². The standard InChI is InChI=1S/C18H20ClN3O3.ClH/c1-11-14(6-8-25-11)17(23)21-16-9-12(19)4-5-15(16)18(24)22-7-2-3-13(20)10-22;/h4-6,8-9,13H,2-3,7,10,20H2,1H3,(H,21,23);1H. The number of hydrogen-bond acceptors (Lipinski definition) is 4. The SMILES string of the molecule is Cc1occc1C(=O)Nc1cc(Cl)ccc1C(=O)N1CCCC(N)C1.Cl. The molecule has 0 aliphatic carbocycles. The molecule has 0 bridgehead atoms. The third kappa shape index (κ3) is 4.38. The van der Waals surface area contributed by atoms with E-state index >= 15 is 0 Å². The molecular weight excluding hydrogens is 377 g/mol. The number of anilines is 1. The van der Waals surface area contributed by atoms with Crippen LogP contribution >= 0.6 is 24.0 Å². The van der Waals surface area contributed by atoms with Crippen LogP contribution in [0.2, 0.25) is 5.02 Å². The highest BCUT2D eigenvalue weighted by Gasteiger charge is 2.25. The summed E-state index contributed by atoms with van der Waals surface area (Å²) < 4.78 is 5.16. The van der Waals surface area contributed by atoms with Crippen LogP contribution in [0.4, 0.5) is 5.69 Å². The number of furan rings is 1. The highest BCUT2D eigenvalue weighted by atomic mass is 35.5. The molecule has 2 aromatic rings. The minimum absolute atomic E-state index is 0. The molecule has 1 aromatic carbocycles. The van der Waals surface area contributed by atoms with E-state index in [1.807, 2.05) is 0 Å². The number of hydrogen-bond donors (Lipinski definition) is 2. The number of aryl methyl sites for hydroxylation is 1. The maximum atomic E-state index is 12.9. The zero-order valence-electron chi connectivity index (χ0n) is 14.3. The molecule has 3 N–H and O–H groups in total. The number of halogens is 2. The Bertz CT molecular complexity index is 807. The summed E-state index contributed by atoms with van der Waals surface area (Å²) in [6, 6.07) is 6.41. The molecule has 1 fully saturated rings. The Morgan fingerprint density at radius 2 is 2.08 bits per heavy atom. The summed E-state index contributed by atoms with van der Waals surface area (Å²) in [6.45, 7) is 2.87. The Morgan fingerprint density at radius 3 is 2.73 bits per heavy atom. The molecule has 3 rings (SSSR count). The molecule has 0 saturated carbocycles. The van der Waals surface area contributed by atoms with E-state index in [1.54, 1.807) is 36.1 Å². The lowest BCUT2D eigenvalue weighted by Crippen LogP contribution is -2.45. The summed E-state index contributed by atoms with van der Waals surface area (Å²) in [7, 11) is 0. The molecule has 1 aliphatic heterocycles. The van der Waals surface area contributed by atoms with Crippen molar-refractivity contribution in [3.05, 3.63) is 52.4 Å². The van der Waals surface area contributed by atoms with Gasteiger partial charge in [0.15, 0.2) is 0 Å². The molecule has 1 atom stereocenters. The molecule has 2 heterocycles. The van der Waals surface area contributed by atoms with Gasteiger partial charge >= 0.3 is 0 Å². The average Bonchev–Trinajstić information content (AvgIpc) is 3.00. The Balaban J connectivity index is 0.00000243. The number of carbonyl (C=O) groups is 2. The van der Waals surface area contributed by atoms with Gasteiger partial charge in [-0.3, -0.25) is 9.59 Å². The number of carbonyl (C=O) groups excluding carboxylic acids is 2. The number of nitrogens with one attached hydrogen (secondary N) is 1. The molecule has 1 unspecified atom stereocenters. The van der Waals surface area contributed by atoms with Crippen molar-refractivity contribution in [3.63, 3.8) is 0 Å². The van der Waals surface area contributed by atoms with Gasteiger partial charge in [0.2, 0.25) is 0 Å². The monoisotopic (exact) mass is 397 g/mol. The van der Waals surface area contributed by atoms with E-state index in [9.17, 15) is 9.59 Å². The summed E-state index contributed by atoms with van der Waals surface area (Å²) in [5.41, 5.74) is 7.16. The Kier molecular flexibility index (Phi) is 6.69. The van der Waals surface area contributed by atoms with Gasteiger partial charge in [0.05, 0.1) is 23.1 Å². The van der Waals surface area contributed by atoms with Gasteiger partial charge in [-0.05, 0) is 44.0 Å². The van der Waals surface area contributed by atoms with Crippen LogP contribution < -0.4 is 11.1 Å². The van der Waals surface area contributed by atoms with Crippen molar-refractivity contribution < 1.29 is 14.0 Å². The fourth-order valence-corrected chi connectivity index (χ4v) is 3.15. The van der Waals surface area contributed by atoms with Gasteiger partial charge in [-0.25, -0.2) is 0 Å². The van der Waals surface area contributed by atoms with Crippen molar-refractivity contribution in [3.8, 4) is 0 Å². The van der Waals surface area contributed by atoms with E-state index in [0.29, 0.717) is 40.7 Å². The van der Waals surface area contributed by atoms with Crippen molar-refractivity contribution in [1.82, 2.24) is 4.90 Å². The predicted molar refractivity (Wildman–Crippen MR) is 103 cm³/mol. The molecule has 2 amide bonds. The number of nitrogens with zero attached hydrogens (tertiary/aromatic N) is 1. The first kappa shape index (κ1) is 20.3. The summed E-state index contributed by atoms with van der Waals surface area (Å²) in [4.78, 5) is 27.0. The Labute approximate surface area is 163 Å². The fourth-order valence-electron chi connectivity index (χ4n) is 2.98. The summed E-state index contributed by atoms with van der Waals surface area (Å²) in [5, 5.41) is 3.20. The van der Waals surface area contributed by atoms with Gasteiger partial charge < -0.3 is 20.4 Å². The van der Waals surface area contributed by atoms with Crippen molar-refractivity contribution in [2.45, 2.75) is 25.8 Å². The van der Waals surface area contributed by atoms with E-state index in [1.165, 1.54) is 6.26 Å². The van der Waals surface area contributed by atoms with Gasteiger partial charge in [-0.15, -0.1) is 12.4 Å². The van der Waals surface area contributed by atoms with E-state index in [-0.39, 0.29) is 30.3 Å². The minimum Gasteiger partial charge on any atom is -0.469 e. The quantitative estimate of drug-likeness (QED) is 0.829. The smallest absolute Gasteiger partial charge is 0.259 e. The van der Waals surface area contributed by atoms with Gasteiger partial charge in [-0.2, -0.15) is 0 Å². The normalized spacial score (nSPS) is 16.7. The molecule has 6 nitrogen and oxygen atoms in total. The maximum Gasteiger partial charge on any atom is 0.259 e. The first-order valence-corrected chi connectivity index (χ1v) is 8.53. The third-order valence-electron chi connectivity index (χ3n) is 4.31. The lowest BCUT2D eigenvalue weighted by molar-refractivity contribution is 0.0710. The first-order chi connectivity index (χ1) is 12.0. The lowest BCUT2D eigenvalue weighted by atomic mass is 10.0. The highest BCUT2D eigenvalue weighted by molar-refractivity contribution is 6.31.